The zero-order chi connectivity index (χ0) is 15.7. The molecule has 1 rings (SSSR count). The van der Waals surface area contributed by atoms with Crippen molar-refractivity contribution in [2.75, 3.05) is 27.2 Å². The van der Waals surface area contributed by atoms with Crippen molar-refractivity contribution in [2.45, 2.75) is 13.5 Å². The Balaban J connectivity index is 0.00000441. The Kier molecular flexibility index (Phi) is 9.95. The molecule has 6 nitrogen and oxygen atoms in total. The van der Waals surface area contributed by atoms with Crippen molar-refractivity contribution in [2.24, 2.45) is 4.99 Å². The maximum Gasteiger partial charge on any atom is 0.241 e. The standard InChI is InChI=1S/C15H21N5O.HI/c1-4-17-15(19-11-14(21)20(2)3)18-10-13-7-5-12(9-16)6-8-13;/h5-8H,4,10-11H2,1-3H3,(H2,17,18,19);1H. The number of nitrogens with one attached hydrogen (secondary N) is 2. The third kappa shape index (κ3) is 7.26. The van der Waals surface area contributed by atoms with E-state index in [2.05, 4.69) is 21.7 Å². The van der Waals surface area contributed by atoms with Gasteiger partial charge in [-0.3, -0.25) is 4.79 Å². The maximum atomic E-state index is 11.5. The van der Waals surface area contributed by atoms with Gasteiger partial charge < -0.3 is 15.5 Å². The highest BCUT2D eigenvalue weighted by Crippen LogP contribution is 2.04. The number of carbonyl (C=O) groups excluding carboxylic acids is 1. The molecule has 2 N–H and O–H groups in total. The predicted octanol–water partition coefficient (Wildman–Crippen LogP) is 1.32. The minimum Gasteiger partial charge on any atom is -0.357 e. The summed E-state index contributed by atoms with van der Waals surface area (Å²) in [5, 5.41) is 14.8. The highest BCUT2D eigenvalue weighted by atomic mass is 127. The molecule has 0 aromatic heterocycles. The lowest BCUT2D eigenvalue weighted by atomic mass is 10.1. The largest absolute Gasteiger partial charge is 0.357 e. The van der Waals surface area contributed by atoms with Crippen LogP contribution < -0.4 is 10.6 Å². The molecule has 7 heteroatoms. The Morgan fingerprint density at radius 3 is 2.41 bits per heavy atom. The molecule has 120 valence electrons. The number of rotatable bonds is 5. The first-order chi connectivity index (χ1) is 10.1. The summed E-state index contributed by atoms with van der Waals surface area (Å²) in [5.41, 5.74) is 1.63. The van der Waals surface area contributed by atoms with Crippen molar-refractivity contribution in [3.63, 3.8) is 0 Å². The minimum atomic E-state index is -0.0148. The predicted molar refractivity (Wildman–Crippen MR) is 98.1 cm³/mol. The van der Waals surface area contributed by atoms with Gasteiger partial charge in [-0.2, -0.15) is 5.26 Å². The first-order valence-corrected chi connectivity index (χ1v) is 6.78. The molecule has 1 aromatic carbocycles. The summed E-state index contributed by atoms with van der Waals surface area (Å²) in [6, 6.07) is 9.35. The van der Waals surface area contributed by atoms with Crippen LogP contribution in [-0.2, 0) is 11.3 Å². The molecule has 0 radical (unpaired) electrons. The fourth-order valence-corrected chi connectivity index (χ4v) is 1.51. The van der Waals surface area contributed by atoms with Gasteiger partial charge >= 0.3 is 0 Å². The van der Waals surface area contributed by atoms with Gasteiger partial charge in [0, 0.05) is 20.6 Å². The Morgan fingerprint density at radius 2 is 1.91 bits per heavy atom. The SMILES string of the molecule is CCNC(=NCc1ccc(C#N)cc1)NCC(=O)N(C)C.I. The van der Waals surface area contributed by atoms with Crippen molar-refractivity contribution < 1.29 is 4.79 Å². The van der Waals surface area contributed by atoms with Crippen molar-refractivity contribution in [1.82, 2.24) is 15.5 Å². The van der Waals surface area contributed by atoms with E-state index in [9.17, 15) is 4.79 Å². The van der Waals surface area contributed by atoms with Crippen LogP contribution in [0.15, 0.2) is 29.3 Å². The molecule has 0 fully saturated rings. The van der Waals surface area contributed by atoms with Crippen LogP contribution in [0.5, 0.6) is 0 Å². The van der Waals surface area contributed by atoms with Crippen LogP contribution in [0.25, 0.3) is 0 Å². The van der Waals surface area contributed by atoms with E-state index in [0.717, 1.165) is 12.1 Å². The molecule has 0 aliphatic carbocycles. The van der Waals surface area contributed by atoms with Crippen LogP contribution in [-0.4, -0.2) is 44.0 Å². The fourth-order valence-electron chi connectivity index (χ4n) is 1.51. The van der Waals surface area contributed by atoms with Gasteiger partial charge in [0.05, 0.1) is 24.7 Å². The number of guanidine groups is 1. The molecule has 0 atom stereocenters. The molecule has 0 saturated heterocycles. The highest BCUT2D eigenvalue weighted by molar-refractivity contribution is 14.0. The summed E-state index contributed by atoms with van der Waals surface area (Å²) in [7, 11) is 3.43. The molecule has 22 heavy (non-hydrogen) atoms. The third-order valence-electron chi connectivity index (χ3n) is 2.75. The minimum absolute atomic E-state index is 0. The topological polar surface area (TPSA) is 80.5 Å². The number of nitrogens with zero attached hydrogens (tertiary/aromatic N) is 3. The molecule has 1 aromatic rings. The first kappa shape index (κ1) is 20.2. The van der Waals surface area contributed by atoms with Crippen molar-refractivity contribution in [3.8, 4) is 6.07 Å². The highest BCUT2D eigenvalue weighted by Gasteiger charge is 2.05. The monoisotopic (exact) mass is 415 g/mol. The van der Waals surface area contributed by atoms with E-state index in [1.807, 2.05) is 19.1 Å². The molecule has 0 spiro atoms. The number of amides is 1. The molecule has 0 bridgehead atoms. The van der Waals surface area contributed by atoms with Crippen LogP contribution in [0.1, 0.15) is 18.1 Å². The Labute approximate surface area is 148 Å². The molecule has 0 aliphatic heterocycles. The van der Waals surface area contributed by atoms with E-state index < -0.39 is 0 Å². The summed E-state index contributed by atoms with van der Waals surface area (Å²) in [6.07, 6.45) is 0. The summed E-state index contributed by atoms with van der Waals surface area (Å²) in [6.45, 7) is 3.37. The second-order valence-electron chi connectivity index (χ2n) is 4.65. The molecule has 0 heterocycles. The van der Waals surface area contributed by atoms with Gasteiger partial charge in [-0.25, -0.2) is 4.99 Å². The molecule has 0 unspecified atom stereocenters. The second kappa shape index (κ2) is 10.8. The number of nitriles is 1. The van der Waals surface area contributed by atoms with Crippen LogP contribution in [0.2, 0.25) is 0 Å². The zero-order valence-electron chi connectivity index (χ0n) is 13.1. The molecule has 1 amide bonds. The van der Waals surface area contributed by atoms with Crippen LogP contribution in [0.4, 0.5) is 0 Å². The number of hydrogen-bond acceptors (Lipinski definition) is 3. The second-order valence-corrected chi connectivity index (χ2v) is 4.65. The normalized spacial score (nSPS) is 10.2. The smallest absolute Gasteiger partial charge is 0.241 e. The zero-order valence-corrected chi connectivity index (χ0v) is 15.4. The fraction of sp³-hybridized carbons (Fsp3) is 0.400. The molecule has 0 saturated carbocycles. The van der Waals surface area contributed by atoms with Crippen LogP contribution >= 0.6 is 24.0 Å². The molecular weight excluding hydrogens is 393 g/mol. The Hall–Kier alpha value is -1.82. The molecular formula is C15H22IN5O. The van der Waals surface area contributed by atoms with E-state index in [4.69, 9.17) is 5.26 Å². The van der Waals surface area contributed by atoms with E-state index >= 15 is 0 Å². The van der Waals surface area contributed by atoms with Gasteiger partial charge in [-0.1, -0.05) is 12.1 Å². The van der Waals surface area contributed by atoms with E-state index in [1.165, 1.54) is 4.90 Å². The van der Waals surface area contributed by atoms with Crippen molar-refractivity contribution in [1.29, 1.82) is 5.26 Å². The van der Waals surface area contributed by atoms with E-state index in [1.54, 1.807) is 26.2 Å². The number of benzene rings is 1. The summed E-state index contributed by atoms with van der Waals surface area (Å²) in [5.74, 6) is 0.580. The average molecular weight is 415 g/mol. The maximum absolute atomic E-state index is 11.5. The van der Waals surface area contributed by atoms with Crippen molar-refractivity contribution >= 4 is 35.8 Å². The Morgan fingerprint density at radius 1 is 1.27 bits per heavy atom. The van der Waals surface area contributed by atoms with Gasteiger partial charge in [-0.05, 0) is 24.6 Å². The lowest BCUT2D eigenvalue weighted by Gasteiger charge is -2.14. The first-order valence-electron chi connectivity index (χ1n) is 6.78. The lowest BCUT2D eigenvalue weighted by Crippen LogP contribution is -2.42. The van der Waals surface area contributed by atoms with Gasteiger partial charge in [0.2, 0.25) is 5.91 Å². The Bertz CT molecular complexity index is 534. The van der Waals surface area contributed by atoms with Gasteiger partial charge in [-0.15, -0.1) is 24.0 Å². The van der Waals surface area contributed by atoms with Gasteiger partial charge in [0.15, 0.2) is 5.96 Å². The number of hydrogen-bond donors (Lipinski definition) is 2. The van der Waals surface area contributed by atoms with Gasteiger partial charge in [0.25, 0.3) is 0 Å². The number of carbonyl (C=O) groups is 1. The van der Waals surface area contributed by atoms with E-state index in [-0.39, 0.29) is 36.4 Å². The number of likely N-dealkylation sites (N-methyl/N-ethyl adjacent to an activating group) is 1. The summed E-state index contributed by atoms with van der Waals surface area (Å²) < 4.78 is 0. The third-order valence-corrected chi connectivity index (χ3v) is 2.75. The van der Waals surface area contributed by atoms with Gasteiger partial charge in [0.1, 0.15) is 0 Å². The summed E-state index contributed by atoms with van der Waals surface area (Å²) in [4.78, 5) is 17.5. The lowest BCUT2D eigenvalue weighted by molar-refractivity contribution is -0.127. The summed E-state index contributed by atoms with van der Waals surface area (Å²) >= 11 is 0. The van der Waals surface area contributed by atoms with E-state index in [0.29, 0.717) is 18.1 Å². The van der Waals surface area contributed by atoms with Crippen LogP contribution in [0, 0.1) is 11.3 Å². The average Bonchev–Trinajstić information content (AvgIpc) is 2.50. The molecule has 0 aliphatic rings. The van der Waals surface area contributed by atoms with Crippen LogP contribution in [0.3, 0.4) is 0 Å². The van der Waals surface area contributed by atoms with Crippen molar-refractivity contribution in [3.05, 3.63) is 35.4 Å². The number of halogens is 1. The number of aliphatic imine (C=N–C) groups is 1. The quantitative estimate of drug-likeness (QED) is 0.432.